The van der Waals surface area contributed by atoms with E-state index in [1.807, 2.05) is 54.6 Å². The molecule has 1 aliphatic rings. The fourth-order valence-electron chi connectivity index (χ4n) is 5.59. The summed E-state index contributed by atoms with van der Waals surface area (Å²) in [7, 11) is -3.98. The molecule has 45 heavy (non-hydrogen) atoms. The first-order valence-electron chi connectivity index (χ1n) is 14.7. The van der Waals surface area contributed by atoms with E-state index in [4.69, 9.17) is 0 Å². The molecule has 2 atom stereocenters. The lowest BCUT2D eigenvalue weighted by atomic mass is 9.99. The molecule has 2 amide bonds. The Balaban J connectivity index is 1.24. The normalized spacial score (nSPS) is 16.6. The molecule has 1 aliphatic heterocycles. The monoisotopic (exact) mass is 621 g/mol. The summed E-state index contributed by atoms with van der Waals surface area (Å²) in [6, 6.07) is 25.2. The second-order valence-electron chi connectivity index (χ2n) is 11.0. The molecule has 228 valence electrons. The molecular weight excluding hydrogens is 590 g/mol. The van der Waals surface area contributed by atoms with Crippen molar-refractivity contribution in [2.75, 3.05) is 13.1 Å². The number of carbonyl (C=O) groups excluding carboxylic acids is 3. The summed E-state index contributed by atoms with van der Waals surface area (Å²) in [5.41, 5.74) is 1.66. The van der Waals surface area contributed by atoms with Crippen LogP contribution in [0.3, 0.4) is 0 Å². The van der Waals surface area contributed by atoms with E-state index in [0.717, 1.165) is 26.0 Å². The number of carbonyl (C=O) groups is 3. The number of rotatable bonds is 8. The molecule has 1 unspecified atom stereocenters. The van der Waals surface area contributed by atoms with Crippen molar-refractivity contribution in [3.63, 3.8) is 0 Å². The average molecular weight is 622 g/mol. The number of para-hydroxylation sites is 1. The maximum atomic E-state index is 13.8. The van der Waals surface area contributed by atoms with Gasteiger partial charge in [0.25, 0.3) is 15.9 Å². The van der Waals surface area contributed by atoms with Crippen LogP contribution in [0.5, 0.6) is 0 Å². The van der Waals surface area contributed by atoms with E-state index in [-0.39, 0.29) is 24.4 Å². The van der Waals surface area contributed by atoms with Gasteiger partial charge in [0.05, 0.1) is 23.7 Å². The van der Waals surface area contributed by atoms with Gasteiger partial charge in [-0.05, 0) is 53.4 Å². The van der Waals surface area contributed by atoms with Crippen LogP contribution >= 0.6 is 0 Å². The molecule has 0 saturated carbocycles. The molecule has 1 saturated heterocycles. The maximum Gasteiger partial charge on any atom is 0.260 e. The number of ketones is 1. The van der Waals surface area contributed by atoms with E-state index in [1.165, 1.54) is 12.3 Å². The summed E-state index contributed by atoms with van der Waals surface area (Å²) in [6.45, 7) is -0.282. The Kier molecular flexibility index (Phi) is 8.63. The number of nitrogens with one attached hydrogen (secondary N) is 2. The van der Waals surface area contributed by atoms with Gasteiger partial charge in [-0.2, -0.15) is 4.31 Å². The highest BCUT2D eigenvalue weighted by atomic mass is 32.2. The maximum absolute atomic E-state index is 13.8. The highest BCUT2D eigenvalue weighted by Crippen LogP contribution is 2.20. The minimum Gasteiger partial charge on any atom is -0.344 e. The molecule has 0 bridgehead atoms. The lowest BCUT2D eigenvalue weighted by Crippen LogP contribution is -2.53. The second kappa shape index (κ2) is 12.9. The van der Waals surface area contributed by atoms with Gasteiger partial charge in [-0.25, -0.2) is 13.4 Å². The first-order valence-corrected chi connectivity index (χ1v) is 16.1. The SMILES string of the molecule is O=C(N[C@@H](Cc1ccc2ccccc2c1)C(=O)NC1CCCN(S(=O)(=O)c2ccccn2)CC1=O)c1cccc2cccnc12. The van der Waals surface area contributed by atoms with Crippen molar-refractivity contribution < 1.29 is 22.8 Å². The number of fused-ring (bicyclic) bond motifs is 2. The smallest absolute Gasteiger partial charge is 0.260 e. The van der Waals surface area contributed by atoms with Crippen LogP contribution in [0.4, 0.5) is 0 Å². The van der Waals surface area contributed by atoms with Gasteiger partial charge in [-0.15, -0.1) is 0 Å². The van der Waals surface area contributed by atoms with Crippen LogP contribution in [-0.2, 0) is 26.0 Å². The fraction of sp³-hybridized carbons (Fsp3) is 0.206. The van der Waals surface area contributed by atoms with Gasteiger partial charge in [-0.1, -0.05) is 66.7 Å². The molecule has 3 aromatic carbocycles. The predicted molar refractivity (Wildman–Crippen MR) is 170 cm³/mol. The first-order chi connectivity index (χ1) is 21.8. The van der Waals surface area contributed by atoms with Crippen molar-refractivity contribution in [2.45, 2.75) is 36.4 Å². The third-order valence-electron chi connectivity index (χ3n) is 7.93. The average Bonchev–Trinajstić information content (AvgIpc) is 3.25. The zero-order valence-corrected chi connectivity index (χ0v) is 25.1. The largest absolute Gasteiger partial charge is 0.344 e. The molecule has 0 aliphatic carbocycles. The quantitative estimate of drug-likeness (QED) is 0.270. The third kappa shape index (κ3) is 6.59. The summed E-state index contributed by atoms with van der Waals surface area (Å²) in [5.74, 6) is -1.45. The summed E-state index contributed by atoms with van der Waals surface area (Å²) < 4.78 is 27.4. The van der Waals surface area contributed by atoms with Gasteiger partial charge < -0.3 is 10.6 Å². The van der Waals surface area contributed by atoms with Gasteiger partial charge >= 0.3 is 0 Å². The first kappa shape index (κ1) is 30.0. The Morgan fingerprint density at radius 3 is 2.44 bits per heavy atom. The number of hydrogen-bond donors (Lipinski definition) is 2. The Morgan fingerprint density at radius 2 is 1.62 bits per heavy atom. The summed E-state index contributed by atoms with van der Waals surface area (Å²) in [4.78, 5) is 49.1. The summed E-state index contributed by atoms with van der Waals surface area (Å²) in [5, 5.41) is 8.38. The highest BCUT2D eigenvalue weighted by Gasteiger charge is 2.35. The number of Topliss-reactive ketones (excluding diaryl/α,β-unsaturated/α-hetero) is 1. The standard InChI is InChI=1S/C34H31N5O5S/c40-30-22-39(45(43,44)31-14-3-4-17-35-31)19-7-13-28(30)37-34(42)29(21-23-15-16-24-8-1-2-9-26(24)20-23)38-33(41)27-12-5-10-25-11-6-18-36-32(25)27/h1-6,8-12,14-18,20,28-29H,7,13,19,21-22H2,(H,37,42)(H,38,41)/t28?,29-/m0/s1. The topological polar surface area (TPSA) is 138 Å². The van der Waals surface area contributed by atoms with Gasteiger partial charge in [-0.3, -0.25) is 19.4 Å². The zero-order chi connectivity index (χ0) is 31.4. The molecular formula is C34H31N5O5S. The Morgan fingerprint density at radius 1 is 0.867 bits per heavy atom. The van der Waals surface area contributed by atoms with E-state index in [2.05, 4.69) is 20.6 Å². The minimum atomic E-state index is -3.98. The number of sulfonamides is 1. The molecule has 10 nitrogen and oxygen atoms in total. The third-order valence-corrected chi connectivity index (χ3v) is 9.69. The van der Waals surface area contributed by atoms with E-state index in [9.17, 15) is 22.8 Å². The molecule has 0 spiro atoms. The molecule has 5 aromatic rings. The lowest BCUT2D eigenvalue weighted by Gasteiger charge is -2.23. The van der Waals surface area contributed by atoms with E-state index in [0.29, 0.717) is 17.5 Å². The molecule has 0 radical (unpaired) electrons. The Bertz CT molecular complexity index is 2000. The van der Waals surface area contributed by atoms with Crippen LogP contribution in [0.2, 0.25) is 0 Å². The molecule has 11 heteroatoms. The second-order valence-corrected chi connectivity index (χ2v) is 12.9. The van der Waals surface area contributed by atoms with Gasteiger partial charge in [0.15, 0.2) is 10.8 Å². The number of aromatic nitrogens is 2. The van der Waals surface area contributed by atoms with Gasteiger partial charge in [0.1, 0.15) is 6.04 Å². The van der Waals surface area contributed by atoms with Crippen molar-refractivity contribution in [1.82, 2.24) is 24.9 Å². The molecule has 3 heterocycles. The molecule has 2 N–H and O–H groups in total. The Hall–Kier alpha value is -5.00. The summed E-state index contributed by atoms with van der Waals surface area (Å²) >= 11 is 0. The van der Waals surface area contributed by atoms with Crippen LogP contribution in [0.1, 0.15) is 28.8 Å². The van der Waals surface area contributed by atoms with Crippen molar-refractivity contribution in [3.05, 3.63) is 115 Å². The minimum absolute atomic E-state index is 0.113. The van der Waals surface area contributed by atoms with Crippen LogP contribution in [0, 0.1) is 0 Å². The van der Waals surface area contributed by atoms with Crippen LogP contribution in [0.15, 0.2) is 108 Å². The number of amides is 2. The fourth-order valence-corrected chi connectivity index (χ4v) is 6.97. The zero-order valence-electron chi connectivity index (χ0n) is 24.3. The Labute approximate surface area is 260 Å². The number of pyridine rings is 2. The van der Waals surface area contributed by atoms with Crippen molar-refractivity contribution >= 4 is 49.3 Å². The van der Waals surface area contributed by atoms with Gasteiger partial charge in [0.2, 0.25) is 5.91 Å². The van der Waals surface area contributed by atoms with E-state index < -0.39 is 46.2 Å². The van der Waals surface area contributed by atoms with Crippen LogP contribution < -0.4 is 10.6 Å². The van der Waals surface area contributed by atoms with Crippen molar-refractivity contribution in [3.8, 4) is 0 Å². The van der Waals surface area contributed by atoms with Crippen molar-refractivity contribution in [2.24, 2.45) is 0 Å². The molecule has 6 rings (SSSR count). The van der Waals surface area contributed by atoms with Crippen molar-refractivity contribution in [1.29, 1.82) is 0 Å². The van der Waals surface area contributed by atoms with E-state index in [1.54, 1.807) is 36.5 Å². The number of benzene rings is 3. The van der Waals surface area contributed by atoms with E-state index >= 15 is 0 Å². The lowest BCUT2D eigenvalue weighted by molar-refractivity contribution is -0.128. The van der Waals surface area contributed by atoms with Gasteiger partial charge in [0, 0.05) is 30.7 Å². The number of nitrogens with zero attached hydrogens (tertiary/aromatic N) is 3. The highest BCUT2D eigenvalue weighted by molar-refractivity contribution is 7.89. The molecule has 2 aromatic heterocycles. The number of hydrogen-bond acceptors (Lipinski definition) is 7. The summed E-state index contributed by atoms with van der Waals surface area (Å²) in [6.07, 6.45) is 3.76. The molecule has 1 fully saturated rings. The van der Waals surface area contributed by atoms with Crippen LogP contribution in [0.25, 0.3) is 21.7 Å². The van der Waals surface area contributed by atoms with Crippen LogP contribution in [-0.4, -0.2) is 65.5 Å². The predicted octanol–water partition coefficient (Wildman–Crippen LogP) is 3.66.